The van der Waals surface area contributed by atoms with E-state index in [1.165, 1.54) is 7.11 Å². The smallest absolute Gasteiger partial charge is 0.407 e. The molecule has 6 N–H and O–H groups in total. The van der Waals surface area contributed by atoms with E-state index >= 15 is 0 Å². The number of pyridine rings is 1. The summed E-state index contributed by atoms with van der Waals surface area (Å²) in [5.41, 5.74) is 13.4. The van der Waals surface area contributed by atoms with Crippen molar-refractivity contribution >= 4 is 17.9 Å². The van der Waals surface area contributed by atoms with Crippen LogP contribution >= 0.6 is 0 Å². The number of hydrazine groups is 1. The molecule has 1 aromatic heterocycles. The number of aliphatic hydroxyl groups excluding tert-OH is 1. The van der Waals surface area contributed by atoms with E-state index < -0.39 is 47.0 Å². The first kappa shape index (κ1) is 37.2. The molecule has 0 spiro atoms. The molecule has 0 bridgehead atoms. The van der Waals surface area contributed by atoms with E-state index in [4.69, 9.17) is 10.5 Å². The average Bonchev–Trinajstić information content (AvgIpc) is 3.44. The Morgan fingerprint density at radius 3 is 2.29 bits per heavy atom. The van der Waals surface area contributed by atoms with Crippen LogP contribution in [-0.2, 0) is 33.7 Å². The third-order valence-electron chi connectivity index (χ3n) is 9.27. The van der Waals surface area contributed by atoms with E-state index in [1.807, 2.05) is 118 Å². The Hall–Kier alpha value is -5.10. The molecule has 3 aromatic carbocycles. The molecular formula is C40H48N6O5. The summed E-state index contributed by atoms with van der Waals surface area (Å²) in [5, 5.41) is 18.4. The normalized spacial score (nSPS) is 17.2. The van der Waals surface area contributed by atoms with Crippen molar-refractivity contribution in [2.24, 2.45) is 11.1 Å². The fraction of sp³-hybridized carbons (Fsp3) is 0.350. The zero-order valence-electron chi connectivity index (χ0n) is 29.6. The number of nitrogens with two attached hydrogens (primary N) is 1. The quantitative estimate of drug-likeness (QED) is 0.129. The van der Waals surface area contributed by atoms with Crippen LogP contribution in [0.1, 0.15) is 55.5 Å². The molecule has 0 saturated carbocycles. The summed E-state index contributed by atoms with van der Waals surface area (Å²) >= 11 is 0. The molecule has 0 fully saturated rings. The maximum atomic E-state index is 14.2. The molecule has 11 nitrogen and oxygen atoms in total. The zero-order valence-corrected chi connectivity index (χ0v) is 29.6. The van der Waals surface area contributed by atoms with Crippen molar-refractivity contribution in [2.45, 2.75) is 70.3 Å². The minimum atomic E-state index is -1.42. The Balaban J connectivity index is 1.41. The number of aromatic nitrogens is 1. The first-order chi connectivity index (χ1) is 24.4. The molecule has 11 heteroatoms. The fourth-order valence-electron chi connectivity index (χ4n) is 6.39. The largest absolute Gasteiger partial charge is 0.453 e. The Kier molecular flexibility index (Phi) is 11.9. The molecule has 51 heavy (non-hydrogen) atoms. The number of nitrogens with zero attached hydrogens (tertiary/aromatic N) is 2. The first-order valence-electron chi connectivity index (χ1n) is 17.2. The van der Waals surface area contributed by atoms with Crippen molar-refractivity contribution in [3.8, 4) is 11.3 Å². The number of amides is 3. The van der Waals surface area contributed by atoms with E-state index in [2.05, 4.69) is 21.0 Å². The van der Waals surface area contributed by atoms with Crippen LogP contribution < -0.4 is 21.8 Å². The van der Waals surface area contributed by atoms with E-state index in [0.29, 0.717) is 6.42 Å². The predicted molar refractivity (Wildman–Crippen MR) is 196 cm³/mol. The second-order valence-corrected chi connectivity index (χ2v) is 14.2. The SMILES string of the molecule is COC(=O)N[C@H](C(=O)NN(CC[C@@](N)(Cc1ccccc1)C(=O)N[C@H]1c2ccccc2C[C@H]1O)Cc1ccc(-c2ccccn2)cc1)C(C)(C)C. The predicted octanol–water partition coefficient (Wildman–Crippen LogP) is 4.46. The maximum Gasteiger partial charge on any atom is 0.407 e. The number of nitrogens with one attached hydrogen (secondary N) is 3. The highest BCUT2D eigenvalue weighted by molar-refractivity contribution is 5.87. The van der Waals surface area contributed by atoms with Crippen LogP contribution in [0.25, 0.3) is 11.3 Å². The van der Waals surface area contributed by atoms with Crippen molar-refractivity contribution in [3.05, 3.63) is 126 Å². The molecule has 268 valence electrons. The number of rotatable bonds is 13. The molecule has 3 amide bonds. The van der Waals surface area contributed by atoms with Crippen LogP contribution in [0.5, 0.6) is 0 Å². The van der Waals surface area contributed by atoms with Crippen LogP contribution in [-0.4, -0.2) is 64.3 Å². The molecule has 1 aliphatic carbocycles. The van der Waals surface area contributed by atoms with Gasteiger partial charge in [-0.15, -0.1) is 0 Å². The maximum absolute atomic E-state index is 14.2. The summed E-state index contributed by atoms with van der Waals surface area (Å²) in [7, 11) is 1.25. The van der Waals surface area contributed by atoms with Gasteiger partial charge < -0.3 is 26.2 Å². The van der Waals surface area contributed by atoms with Crippen LogP contribution in [0.4, 0.5) is 4.79 Å². The molecule has 4 atom stereocenters. The molecule has 0 radical (unpaired) electrons. The van der Waals surface area contributed by atoms with Gasteiger partial charge in [0, 0.05) is 31.3 Å². The summed E-state index contributed by atoms with van der Waals surface area (Å²) in [6.45, 7) is 6.00. The van der Waals surface area contributed by atoms with Gasteiger partial charge in [0.25, 0.3) is 5.91 Å². The van der Waals surface area contributed by atoms with Gasteiger partial charge in [-0.1, -0.05) is 106 Å². The molecule has 0 aliphatic heterocycles. The van der Waals surface area contributed by atoms with Gasteiger partial charge in [-0.2, -0.15) is 0 Å². The Labute approximate surface area is 299 Å². The number of benzene rings is 3. The number of hydrogen-bond donors (Lipinski definition) is 5. The number of methoxy groups -OCH3 is 1. The van der Waals surface area contributed by atoms with Gasteiger partial charge in [-0.25, -0.2) is 9.80 Å². The fourth-order valence-corrected chi connectivity index (χ4v) is 6.39. The van der Waals surface area contributed by atoms with E-state index in [1.54, 1.807) is 11.2 Å². The number of hydrogen-bond acceptors (Lipinski definition) is 8. The standard InChI is InChI=1S/C40H48N6O5/c1-39(2,3)35(44-38(50)51-4)36(48)45-46(26-28-17-19-29(20-18-28)32-16-10-11-22-42-32)23-21-40(41,25-27-12-6-5-7-13-27)37(49)43-34-31-15-9-8-14-30(31)24-33(34)47/h5-20,22,33-35,47H,21,23-26,41H2,1-4H3,(H,43,49)(H,44,50)(H,45,48)/t33-,34+,35-,40-/m1/s1. The van der Waals surface area contributed by atoms with Crippen LogP contribution in [0, 0.1) is 5.41 Å². The number of carbonyl (C=O) groups is 3. The lowest BCUT2D eigenvalue weighted by Gasteiger charge is -2.35. The van der Waals surface area contributed by atoms with Crippen molar-refractivity contribution in [1.82, 2.24) is 26.1 Å². The number of fused-ring (bicyclic) bond motifs is 1. The highest BCUT2D eigenvalue weighted by Crippen LogP contribution is 2.32. The van der Waals surface area contributed by atoms with Gasteiger partial charge in [0.15, 0.2) is 0 Å². The van der Waals surface area contributed by atoms with Crippen molar-refractivity contribution in [2.75, 3.05) is 13.7 Å². The van der Waals surface area contributed by atoms with Gasteiger partial charge in [0.1, 0.15) is 11.6 Å². The third-order valence-corrected chi connectivity index (χ3v) is 9.27. The van der Waals surface area contributed by atoms with Crippen molar-refractivity contribution < 1.29 is 24.2 Å². The molecule has 5 rings (SSSR count). The number of carbonyl (C=O) groups excluding carboxylic acids is 3. The summed E-state index contributed by atoms with van der Waals surface area (Å²) < 4.78 is 4.81. The van der Waals surface area contributed by atoms with Crippen LogP contribution in [0.15, 0.2) is 103 Å². The number of ether oxygens (including phenoxy) is 1. The zero-order chi connectivity index (χ0) is 36.6. The van der Waals surface area contributed by atoms with E-state index in [0.717, 1.165) is 33.5 Å². The van der Waals surface area contributed by atoms with Gasteiger partial charge in [0.2, 0.25) is 5.91 Å². The minimum absolute atomic E-state index is 0.148. The lowest BCUT2D eigenvalue weighted by atomic mass is 9.86. The van der Waals surface area contributed by atoms with Gasteiger partial charge in [-0.05, 0) is 52.6 Å². The second kappa shape index (κ2) is 16.3. The summed E-state index contributed by atoms with van der Waals surface area (Å²) in [4.78, 5) is 44.7. The van der Waals surface area contributed by atoms with Gasteiger partial charge >= 0.3 is 6.09 Å². The minimum Gasteiger partial charge on any atom is -0.453 e. The van der Waals surface area contributed by atoms with E-state index in [9.17, 15) is 19.5 Å². The summed E-state index contributed by atoms with van der Waals surface area (Å²) in [5.74, 6) is -0.850. The van der Waals surface area contributed by atoms with Crippen molar-refractivity contribution in [1.29, 1.82) is 0 Å². The van der Waals surface area contributed by atoms with Crippen LogP contribution in [0.3, 0.4) is 0 Å². The van der Waals surface area contributed by atoms with Gasteiger partial charge in [-0.3, -0.25) is 20.0 Å². The van der Waals surface area contributed by atoms with Crippen molar-refractivity contribution in [3.63, 3.8) is 0 Å². The van der Waals surface area contributed by atoms with Gasteiger partial charge in [0.05, 0.1) is 24.9 Å². The lowest BCUT2D eigenvalue weighted by molar-refractivity contribution is -0.131. The average molecular weight is 693 g/mol. The number of alkyl carbamates (subject to hydrolysis) is 1. The second-order valence-electron chi connectivity index (χ2n) is 14.2. The third kappa shape index (κ3) is 9.57. The molecule has 0 unspecified atom stereocenters. The summed E-state index contributed by atoms with van der Waals surface area (Å²) in [6, 6.07) is 29.3. The summed E-state index contributed by atoms with van der Waals surface area (Å²) in [6.07, 6.45) is 1.04. The first-order valence-corrected chi connectivity index (χ1v) is 17.2. The molecule has 0 saturated heterocycles. The van der Waals surface area contributed by atoms with Crippen LogP contribution in [0.2, 0.25) is 0 Å². The Bertz CT molecular complexity index is 1780. The lowest BCUT2D eigenvalue weighted by Crippen LogP contribution is -2.60. The Morgan fingerprint density at radius 2 is 1.63 bits per heavy atom. The van der Waals surface area contributed by atoms with E-state index in [-0.39, 0.29) is 25.9 Å². The Morgan fingerprint density at radius 1 is 0.941 bits per heavy atom. The molecular weight excluding hydrogens is 644 g/mol. The molecule has 4 aromatic rings. The monoisotopic (exact) mass is 692 g/mol. The molecule has 1 aliphatic rings. The highest BCUT2D eigenvalue weighted by atomic mass is 16.5. The topological polar surface area (TPSA) is 159 Å². The highest BCUT2D eigenvalue weighted by Gasteiger charge is 2.40. The number of aliphatic hydroxyl groups is 1. The molecule has 1 heterocycles.